The summed E-state index contributed by atoms with van der Waals surface area (Å²) in [5.74, 6) is 2.50. The highest BCUT2D eigenvalue weighted by Crippen LogP contribution is 2.25. The second-order valence-electron chi connectivity index (χ2n) is 6.83. The summed E-state index contributed by atoms with van der Waals surface area (Å²) in [5.41, 5.74) is 3.44. The SMILES string of the molecule is Cc1cc(-n2c(C)cc(C(=O)CSc3nnc(C)n3-c3ccccc3)c2C)no1. The molecule has 29 heavy (non-hydrogen) atoms. The molecule has 7 nitrogen and oxygen atoms in total. The summed E-state index contributed by atoms with van der Waals surface area (Å²) in [5, 5.41) is 13.2. The molecule has 4 aromatic rings. The van der Waals surface area contributed by atoms with Crippen LogP contribution < -0.4 is 0 Å². The van der Waals surface area contributed by atoms with E-state index in [-0.39, 0.29) is 11.5 Å². The number of rotatable bonds is 6. The normalized spacial score (nSPS) is 11.2. The van der Waals surface area contributed by atoms with Gasteiger partial charge in [0.1, 0.15) is 11.6 Å². The van der Waals surface area contributed by atoms with Crippen molar-refractivity contribution in [1.82, 2.24) is 24.5 Å². The van der Waals surface area contributed by atoms with Crippen LogP contribution in [0.25, 0.3) is 11.5 Å². The summed E-state index contributed by atoms with van der Waals surface area (Å²) in [4.78, 5) is 13.0. The Balaban J connectivity index is 1.56. The maximum atomic E-state index is 13.0. The van der Waals surface area contributed by atoms with Gasteiger partial charge in [-0.05, 0) is 45.9 Å². The Morgan fingerprint density at radius 1 is 1.03 bits per heavy atom. The van der Waals surface area contributed by atoms with Gasteiger partial charge in [-0.25, -0.2) is 0 Å². The van der Waals surface area contributed by atoms with Crippen LogP contribution in [-0.4, -0.2) is 36.0 Å². The zero-order chi connectivity index (χ0) is 20.5. The average molecular weight is 407 g/mol. The van der Waals surface area contributed by atoms with E-state index in [0.29, 0.717) is 16.5 Å². The fourth-order valence-electron chi connectivity index (χ4n) is 3.37. The molecule has 0 spiro atoms. The molecule has 0 aliphatic rings. The summed E-state index contributed by atoms with van der Waals surface area (Å²) in [6, 6.07) is 13.6. The number of aromatic nitrogens is 5. The van der Waals surface area contributed by atoms with Crippen molar-refractivity contribution in [2.24, 2.45) is 0 Å². The van der Waals surface area contributed by atoms with Crippen LogP contribution in [0.3, 0.4) is 0 Å². The minimum Gasteiger partial charge on any atom is -0.360 e. The molecule has 148 valence electrons. The van der Waals surface area contributed by atoms with Crippen LogP contribution >= 0.6 is 11.8 Å². The number of para-hydroxylation sites is 1. The van der Waals surface area contributed by atoms with Crippen LogP contribution in [0.1, 0.15) is 33.3 Å². The Labute approximate surface area is 172 Å². The molecular formula is C21H21N5O2S. The average Bonchev–Trinajstić information content (AvgIpc) is 3.38. The van der Waals surface area contributed by atoms with Gasteiger partial charge in [-0.15, -0.1) is 10.2 Å². The van der Waals surface area contributed by atoms with Gasteiger partial charge in [0.15, 0.2) is 16.8 Å². The van der Waals surface area contributed by atoms with Gasteiger partial charge in [-0.2, -0.15) is 0 Å². The number of aryl methyl sites for hydroxylation is 3. The van der Waals surface area contributed by atoms with Crippen LogP contribution in [0.5, 0.6) is 0 Å². The van der Waals surface area contributed by atoms with Gasteiger partial charge in [0.05, 0.1) is 5.75 Å². The lowest BCUT2D eigenvalue weighted by molar-refractivity contribution is 0.102. The highest BCUT2D eigenvalue weighted by Gasteiger charge is 2.20. The Hall–Kier alpha value is -3.13. The smallest absolute Gasteiger partial charge is 0.196 e. The van der Waals surface area contributed by atoms with Gasteiger partial charge in [0.25, 0.3) is 0 Å². The van der Waals surface area contributed by atoms with E-state index in [1.807, 2.05) is 79.3 Å². The lowest BCUT2D eigenvalue weighted by Gasteiger charge is -2.08. The van der Waals surface area contributed by atoms with E-state index < -0.39 is 0 Å². The first kappa shape index (κ1) is 19.2. The molecule has 0 saturated heterocycles. The molecule has 0 bridgehead atoms. The zero-order valence-electron chi connectivity index (χ0n) is 16.7. The van der Waals surface area contributed by atoms with E-state index >= 15 is 0 Å². The number of carbonyl (C=O) groups is 1. The predicted molar refractivity (Wildman–Crippen MR) is 111 cm³/mol. The molecule has 0 unspecified atom stereocenters. The number of Topliss-reactive ketones (excluding diaryl/α,β-unsaturated/α-hetero) is 1. The quantitative estimate of drug-likeness (QED) is 0.351. The molecule has 0 aliphatic carbocycles. The third kappa shape index (κ3) is 3.63. The first-order chi connectivity index (χ1) is 14.0. The number of thioether (sulfide) groups is 1. The van der Waals surface area contributed by atoms with Crippen molar-refractivity contribution in [2.45, 2.75) is 32.9 Å². The number of hydrogen-bond acceptors (Lipinski definition) is 6. The third-order valence-corrected chi connectivity index (χ3v) is 5.65. The Bertz CT molecular complexity index is 1170. The van der Waals surface area contributed by atoms with E-state index in [1.54, 1.807) is 0 Å². The van der Waals surface area contributed by atoms with Crippen molar-refractivity contribution in [3.05, 3.63) is 71.0 Å². The summed E-state index contributed by atoms with van der Waals surface area (Å²) in [7, 11) is 0. The van der Waals surface area contributed by atoms with E-state index in [9.17, 15) is 4.79 Å². The van der Waals surface area contributed by atoms with E-state index in [1.165, 1.54) is 11.8 Å². The lowest BCUT2D eigenvalue weighted by atomic mass is 10.2. The van der Waals surface area contributed by atoms with Crippen molar-refractivity contribution in [2.75, 3.05) is 5.75 Å². The monoisotopic (exact) mass is 407 g/mol. The Kier molecular flexibility index (Phi) is 5.10. The van der Waals surface area contributed by atoms with Crippen molar-refractivity contribution in [3.8, 4) is 11.5 Å². The van der Waals surface area contributed by atoms with E-state index in [0.717, 1.165) is 28.7 Å². The van der Waals surface area contributed by atoms with Crippen molar-refractivity contribution in [3.63, 3.8) is 0 Å². The molecule has 8 heteroatoms. The molecule has 0 N–H and O–H groups in total. The lowest BCUT2D eigenvalue weighted by Crippen LogP contribution is -2.07. The molecule has 1 aromatic carbocycles. The van der Waals surface area contributed by atoms with Crippen molar-refractivity contribution >= 4 is 17.5 Å². The first-order valence-electron chi connectivity index (χ1n) is 9.22. The summed E-state index contributed by atoms with van der Waals surface area (Å²) in [6.45, 7) is 7.62. The Morgan fingerprint density at radius 3 is 2.48 bits per heavy atom. The molecule has 0 fully saturated rings. The third-order valence-electron chi connectivity index (χ3n) is 4.72. The fourth-order valence-corrected chi connectivity index (χ4v) is 4.26. The number of benzene rings is 1. The fraction of sp³-hybridized carbons (Fsp3) is 0.238. The van der Waals surface area contributed by atoms with Gasteiger partial charge in [-0.1, -0.05) is 35.1 Å². The predicted octanol–water partition coefficient (Wildman–Crippen LogP) is 4.25. The molecule has 0 atom stereocenters. The molecule has 0 amide bonds. The number of hydrogen-bond donors (Lipinski definition) is 0. The van der Waals surface area contributed by atoms with Crippen molar-refractivity contribution < 1.29 is 9.32 Å². The van der Waals surface area contributed by atoms with Crippen LogP contribution in [-0.2, 0) is 0 Å². The largest absolute Gasteiger partial charge is 0.360 e. The van der Waals surface area contributed by atoms with Crippen molar-refractivity contribution in [1.29, 1.82) is 0 Å². The minimum absolute atomic E-state index is 0.0369. The van der Waals surface area contributed by atoms with E-state index in [2.05, 4.69) is 15.4 Å². The molecule has 0 radical (unpaired) electrons. The summed E-state index contributed by atoms with van der Waals surface area (Å²) < 4.78 is 9.08. The maximum Gasteiger partial charge on any atom is 0.196 e. The standard InChI is InChI=1S/C21H21N5O2S/c1-13-10-18(15(3)25(13)20-11-14(2)28-24-20)19(27)12-29-21-23-22-16(4)26(21)17-8-6-5-7-9-17/h5-11H,12H2,1-4H3. The van der Waals surface area contributed by atoms with Gasteiger partial charge < -0.3 is 4.52 Å². The van der Waals surface area contributed by atoms with Crippen LogP contribution in [0, 0.1) is 27.7 Å². The number of nitrogens with zero attached hydrogens (tertiary/aromatic N) is 5. The van der Waals surface area contributed by atoms with Crippen LogP contribution in [0.2, 0.25) is 0 Å². The highest BCUT2D eigenvalue weighted by molar-refractivity contribution is 7.99. The van der Waals surface area contributed by atoms with E-state index in [4.69, 9.17) is 4.52 Å². The maximum absolute atomic E-state index is 13.0. The minimum atomic E-state index is 0.0369. The summed E-state index contributed by atoms with van der Waals surface area (Å²) in [6.07, 6.45) is 0. The topological polar surface area (TPSA) is 78.7 Å². The van der Waals surface area contributed by atoms with Gasteiger partial charge in [0, 0.05) is 28.7 Å². The number of carbonyl (C=O) groups excluding carboxylic acids is 1. The summed E-state index contributed by atoms with van der Waals surface area (Å²) >= 11 is 1.39. The number of ketones is 1. The van der Waals surface area contributed by atoms with Crippen LogP contribution in [0.4, 0.5) is 0 Å². The van der Waals surface area contributed by atoms with Gasteiger partial charge in [-0.3, -0.25) is 13.9 Å². The second kappa shape index (κ2) is 7.71. The van der Waals surface area contributed by atoms with Gasteiger partial charge in [0.2, 0.25) is 0 Å². The molecule has 4 rings (SSSR count). The zero-order valence-corrected chi connectivity index (χ0v) is 17.5. The molecule has 0 aliphatic heterocycles. The molecule has 0 saturated carbocycles. The molecule has 3 heterocycles. The first-order valence-corrected chi connectivity index (χ1v) is 10.2. The van der Waals surface area contributed by atoms with Gasteiger partial charge >= 0.3 is 0 Å². The highest BCUT2D eigenvalue weighted by atomic mass is 32.2. The Morgan fingerprint density at radius 2 is 1.79 bits per heavy atom. The molecular weight excluding hydrogens is 386 g/mol. The molecule has 3 aromatic heterocycles. The van der Waals surface area contributed by atoms with Crippen LogP contribution in [0.15, 0.2) is 52.1 Å². The second-order valence-corrected chi connectivity index (χ2v) is 7.77.